The molecule has 0 saturated carbocycles. The number of rotatable bonds is 5. The number of anilines is 1. The summed E-state index contributed by atoms with van der Waals surface area (Å²) in [4.78, 5) is 17.3. The molecule has 0 radical (unpaired) electrons. The number of benzene rings is 2. The molecule has 3 nitrogen and oxygen atoms in total. The van der Waals surface area contributed by atoms with E-state index in [9.17, 15) is 4.79 Å². The molecule has 1 heterocycles. The molecule has 1 amide bonds. The smallest absolute Gasteiger partial charge is 0.250 e. The number of aromatic nitrogens is 1. The fraction of sp³-hybridized carbons (Fsp3) is 0.100. The molecule has 0 fully saturated rings. The minimum atomic E-state index is -0.191. The van der Waals surface area contributed by atoms with Gasteiger partial charge in [-0.3, -0.25) is 10.1 Å². The molecule has 126 valence electrons. The van der Waals surface area contributed by atoms with Crippen molar-refractivity contribution in [2.24, 2.45) is 0 Å². The number of hydrogen-bond donors (Lipinski definition) is 1. The van der Waals surface area contributed by atoms with Gasteiger partial charge in [-0.1, -0.05) is 53.6 Å². The molecule has 0 aliphatic heterocycles. The molecule has 0 saturated heterocycles. The average molecular weight is 369 g/mol. The molecular formula is C20H17ClN2OS. The lowest BCUT2D eigenvalue weighted by molar-refractivity contribution is -0.111. The van der Waals surface area contributed by atoms with Gasteiger partial charge in [-0.05, 0) is 36.3 Å². The lowest BCUT2D eigenvalue weighted by Crippen LogP contribution is -2.07. The molecule has 0 aliphatic rings. The largest absolute Gasteiger partial charge is 0.298 e. The third kappa shape index (κ3) is 5.28. The van der Waals surface area contributed by atoms with E-state index in [4.69, 9.17) is 11.6 Å². The highest BCUT2D eigenvalue weighted by Crippen LogP contribution is 2.22. The van der Waals surface area contributed by atoms with Gasteiger partial charge in [0.05, 0.1) is 0 Å². The number of amides is 1. The molecule has 0 atom stereocenters. The maximum Gasteiger partial charge on any atom is 0.250 e. The SMILES string of the molecule is Cc1ccc(C=CC(=O)Nc2ncc(Cc3cccc(Cl)c3)s2)cc1. The summed E-state index contributed by atoms with van der Waals surface area (Å²) in [5, 5.41) is 4.11. The lowest BCUT2D eigenvalue weighted by Gasteiger charge is -1.99. The first-order chi connectivity index (χ1) is 12.1. The van der Waals surface area contributed by atoms with Crippen LogP contribution in [0.15, 0.2) is 60.8 Å². The highest BCUT2D eigenvalue weighted by molar-refractivity contribution is 7.15. The summed E-state index contributed by atoms with van der Waals surface area (Å²) in [5.74, 6) is -0.191. The summed E-state index contributed by atoms with van der Waals surface area (Å²) in [6.07, 6.45) is 5.83. The Morgan fingerprint density at radius 2 is 2.04 bits per heavy atom. The van der Waals surface area contributed by atoms with Crippen molar-refractivity contribution in [3.05, 3.63) is 87.4 Å². The van der Waals surface area contributed by atoms with Gasteiger partial charge in [-0.2, -0.15) is 0 Å². The zero-order valence-corrected chi connectivity index (χ0v) is 15.3. The van der Waals surface area contributed by atoms with Gasteiger partial charge in [0, 0.05) is 28.6 Å². The molecule has 0 aliphatic carbocycles. The first-order valence-electron chi connectivity index (χ1n) is 7.83. The van der Waals surface area contributed by atoms with Crippen molar-refractivity contribution in [1.29, 1.82) is 0 Å². The van der Waals surface area contributed by atoms with E-state index in [1.807, 2.05) is 55.5 Å². The highest BCUT2D eigenvalue weighted by Gasteiger charge is 2.06. The molecule has 3 rings (SSSR count). The van der Waals surface area contributed by atoms with Crippen molar-refractivity contribution in [3.8, 4) is 0 Å². The van der Waals surface area contributed by atoms with Crippen molar-refractivity contribution in [1.82, 2.24) is 4.98 Å². The van der Waals surface area contributed by atoms with Gasteiger partial charge in [0.2, 0.25) is 5.91 Å². The minimum Gasteiger partial charge on any atom is -0.298 e. The number of carbonyl (C=O) groups is 1. The molecule has 1 aromatic heterocycles. The number of carbonyl (C=O) groups excluding carboxylic acids is 1. The fourth-order valence-electron chi connectivity index (χ4n) is 2.29. The number of nitrogens with zero attached hydrogens (tertiary/aromatic N) is 1. The van der Waals surface area contributed by atoms with Crippen molar-refractivity contribution in [2.75, 3.05) is 5.32 Å². The first kappa shape index (κ1) is 17.4. The van der Waals surface area contributed by atoms with Gasteiger partial charge >= 0.3 is 0 Å². The topological polar surface area (TPSA) is 42.0 Å². The Bertz CT molecular complexity index is 900. The Morgan fingerprint density at radius 3 is 2.80 bits per heavy atom. The average Bonchev–Trinajstić information content (AvgIpc) is 3.01. The third-order valence-corrected chi connectivity index (χ3v) is 4.70. The molecule has 25 heavy (non-hydrogen) atoms. The molecule has 0 spiro atoms. The second-order valence-corrected chi connectivity index (χ2v) is 7.22. The highest BCUT2D eigenvalue weighted by atomic mass is 35.5. The normalized spacial score (nSPS) is 11.0. The summed E-state index contributed by atoms with van der Waals surface area (Å²) < 4.78 is 0. The van der Waals surface area contributed by atoms with E-state index in [1.54, 1.807) is 12.3 Å². The molecule has 2 aromatic carbocycles. The van der Waals surface area contributed by atoms with Gasteiger partial charge in [0.1, 0.15) is 0 Å². The summed E-state index contributed by atoms with van der Waals surface area (Å²) >= 11 is 7.47. The number of nitrogens with one attached hydrogen (secondary N) is 1. The molecule has 5 heteroatoms. The van der Waals surface area contributed by atoms with Crippen LogP contribution in [0.25, 0.3) is 6.08 Å². The van der Waals surface area contributed by atoms with Crippen LogP contribution in [0.4, 0.5) is 5.13 Å². The number of hydrogen-bond acceptors (Lipinski definition) is 3. The zero-order chi connectivity index (χ0) is 17.6. The molecule has 0 unspecified atom stereocenters. The van der Waals surface area contributed by atoms with Crippen LogP contribution in [0.3, 0.4) is 0 Å². The van der Waals surface area contributed by atoms with Gasteiger partial charge in [-0.25, -0.2) is 4.98 Å². The fourth-order valence-corrected chi connectivity index (χ4v) is 3.35. The van der Waals surface area contributed by atoms with Crippen LogP contribution in [0.1, 0.15) is 21.6 Å². The maximum atomic E-state index is 12.0. The van der Waals surface area contributed by atoms with Crippen LogP contribution in [-0.2, 0) is 11.2 Å². The van der Waals surface area contributed by atoms with Crippen LogP contribution in [0, 0.1) is 6.92 Å². The molecule has 0 bridgehead atoms. The Hall–Kier alpha value is -2.43. The third-order valence-electron chi connectivity index (χ3n) is 3.56. The Balaban J connectivity index is 1.59. The van der Waals surface area contributed by atoms with E-state index >= 15 is 0 Å². The Kier molecular flexibility index (Phi) is 5.64. The van der Waals surface area contributed by atoms with Crippen molar-refractivity contribution in [2.45, 2.75) is 13.3 Å². The second kappa shape index (κ2) is 8.10. The minimum absolute atomic E-state index is 0.191. The second-order valence-electron chi connectivity index (χ2n) is 5.67. The van der Waals surface area contributed by atoms with Gasteiger partial charge in [0.15, 0.2) is 5.13 Å². The zero-order valence-electron chi connectivity index (χ0n) is 13.7. The van der Waals surface area contributed by atoms with Crippen molar-refractivity contribution >= 4 is 40.1 Å². The monoisotopic (exact) mass is 368 g/mol. The molecule has 1 N–H and O–H groups in total. The van der Waals surface area contributed by atoms with E-state index in [1.165, 1.54) is 23.0 Å². The Labute approximate surface area is 156 Å². The van der Waals surface area contributed by atoms with E-state index in [2.05, 4.69) is 10.3 Å². The number of halogens is 1. The van der Waals surface area contributed by atoms with Crippen LogP contribution in [0.2, 0.25) is 5.02 Å². The summed E-state index contributed by atoms with van der Waals surface area (Å²) in [5.41, 5.74) is 3.30. The van der Waals surface area contributed by atoms with Gasteiger partial charge in [-0.15, -0.1) is 11.3 Å². The molecular weight excluding hydrogens is 352 g/mol. The standard InChI is InChI=1S/C20H17ClN2OS/c1-14-5-7-15(8-6-14)9-10-19(24)23-20-22-13-18(25-20)12-16-3-2-4-17(21)11-16/h2-11,13H,12H2,1H3,(H,22,23,24). The van der Waals surface area contributed by atoms with Crippen molar-refractivity contribution < 1.29 is 4.79 Å². The lowest BCUT2D eigenvalue weighted by atomic mass is 10.1. The quantitative estimate of drug-likeness (QED) is 0.617. The van der Waals surface area contributed by atoms with Gasteiger partial charge in [0.25, 0.3) is 0 Å². The predicted molar refractivity (Wildman–Crippen MR) is 105 cm³/mol. The van der Waals surface area contributed by atoms with E-state index < -0.39 is 0 Å². The van der Waals surface area contributed by atoms with Gasteiger partial charge < -0.3 is 0 Å². The molecule has 3 aromatic rings. The van der Waals surface area contributed by atoms with E-state index in [0.29, 0.717) is 5.13 Å². The van der Waals surface area contributed by atoms with Crippen LogP contribution >= 0.6 is 22.9 Å². The summed E-state index contributed by atoms with van der Waals surface area (Å²) in [7, 11) is 0. The van der Waals surface area contributed by atoms with Crippen molar-refractivity contribution in [3.63, 3.8) is 0 Å². The van der Waals surface area contributed by atoms with E-state index in [-0.39, 0.29) is 5.91 Å². The number of thiazole rings is 1. The van der Waals surface area contributed by atoms with E-state index in [0.717, 1.165) is 27.4 Å². The maximum absolute atomic E-state index is 12.0. The summed E-state index contributed by atoms with van der Waals surface area (Å²) in [6.45, 7) is 2.03. The first-order valence-corrected chi connectivity index (χ1v) is 9.03. The Morgan fingerprint density at radius 1 is 1.24 bits per heavy atom. The predicted octanol–water partition coefficient (Wildman–Crippen LogP) is 5.35. The van der Waals surface area contributed by atoms with Crippen LogP contribution in [0.5, 0.6) is 0 Å². The summed E-state index contributed by atoms with van der Waals surface area (Å²) in [6, 6.07) is 15.7. The number of aryl methyl sites for hydroxylation is 1. The van der Waals surface area contributed by atoms with Crippen LogP contribution < -0.4 is 5.32 Å². The van der Waals surface area contributed by atoms with Crippen LogP contribution in [-0.4, -0.2) is 10.9 Å².